The van der Waals surface area contributed by atoms with Crippen LogP contribution in [0.1, 0.15) is 33.1 Å². The molecule has 2 rings (SSSR count). The fraction of sp³-hybridized carbons (Fsp3) is 0.417. The molecular formula is C12H14F2N2O3S2. The van der Waals surface area contributed by atoms with E-state index in [-0.39, 0.29) is 17.3 Å². The Labute approximate surface area is 128 Å². The average molecular weight is 336 g/mol. The van der Waals surface area contributed by atoms with E-state index in [2.05, 4.69) is 14.7 Å². The van der Waals surface area contributed by atoms with Crippen molar-refractivity contribution in [1.82, 2.24) is 9.97 Å². The van der Waals surface area contributed by atoms with Crippen LogP contribution in [0.25, 0.3) is 0 Å². The smallest absolute Gasteiger partial charge is 0.367 e. The molecule has 0 unspecified atom stereocenters. The molecule has 21 heavy (non-hydrogen) atoms. The number of aliphatic hydroxyl groups is 1. The van der Waals surface area contributed by atoms with E-state index in [1.807, 2.05) is 0 Å². The summed E-state index contributed by atoms with van der Waals surface area (Å²) < 4.78 is 28.4. The molecule has 1 N–H and O–H groups in total. The molecule has 0 spiro atoms. The zero-order valence-corrected chi connectivity index (χ0v) is 12.8. The molecule has 0 aliphatic rings. The Morgan fingerprint density at radius 3 is 2.29 bits per heavy atom. The van der Waals surface area contributed by atoms with E-state index in [1.165, 1.54) is 16.7 Å². The lowest BCUT2D eigenvalue weighted by Gasteiger charge is -1.95. The third kappa shape index (κ3) is 5.82. The Kier molecular flexibility index (Phi) is 7.95. The van der Waals surface area contributed by atoms with Crippen molar-refractivity contribution < 1.29 is 23.4 Å². The van der Waals surface area contributed by atoms with Crippen LogP contribution in [0.15, 0.2) is 10.8 Å². The van der Waals surface area contributed by atoms with Crippen molar-refractivity contribution in [3.8, 4) is 0 Å². The van der Waals surface area contributed by atoms with Crippen LogP contribution in [-0.2, 0) is 24.7 Å². The summed E-state index contributed by atoms with van der Waals surface area (Å²) in [5.74, 6) is -0.484. The lowest BCUT2D eigenvalue weighted by atomic mass is 10.5. The Morgan fingerprint density at radius 1 is 1.24 bits per heavy atom. The molecule has 0 aromatic carbocycles. The first-order valence-electron chi connectivity index (χ1n) is 5.92. The van der Waals surface area contributed by atoms with E-state index >= 15 is 0 Å². The van der Waals surface area contributed by atoms with Crippen LogP contribution in [0.5, 0.6) is 0 Å². The van der Waals surface area contributed by atoms with Crippen molar-refractivity contribution >= 4 is 28.6 Å². The summed E-state index contributed by atoms with van der Waals surface area (Å²) in [5.41, 5.74) is 0.687. The molecule has 2 heterocycles. The molecule has 0 saturated heterocycles. The van der Waals surface area contributed by atoms with Gasteiger partial charge in [0.05, 0.1) is 24.6 Å². The number of esters is 1. The van der Waals surface area contributed by atoms with Gasteiger partial charge in [-0.25, -0.2) is 23.5 Å². The number of carbonyl (C=O) groups excluding carboxylic acids is 1. The van der Waals surface area contributed by atoms with Crippen LogP contribution in [0.4, 0.5) is 8.78 Å². The number of hydrogen-bond donors (Lipinski definition) is 1. The Balaban J connectivity index is 0.000000219. The molecule has 0 saturated carbocycles. The second-order valence-corrected chi connectivity index (χ2v) is 5.32. The standard InChI is InChI=1S/C7H8FNO2S.C5H6FNOS/c1-2-11-7(10)6-9-5(3-8)4-12-6;6-1-4-3-9-5(2-8)7-4/h4H,2-3H2,1H3;3,8H,1-2H2. The highest BCUT2D eigenvalue weighted by Crippen LogP contribution is 2.11. The molecule has 2 aromatic heterocycles. The second-order valence-electron chi connectivity index (χ2n) is 3.52. The molecule has 5 nitrogen and oxygen atoms in total. The van der Waals surface area contributed by atoms with Gasteiger partial charge in [-0.3, -0.25) is 0 Å². The first kappa shape index (κ1) is 17.6. The number of thiazole rings is 2. The summed E-state index contributed by atoms with van der Waals surface area (Å²) in [7, 11) is 0. The maximum Gasteiger partial charge on any atom is 0.367 e. The highest BCUT2D eigenvalue weighted by Gasteiger charge is 2.11. The minimum atomic E-state index is -0.643. The van der Waals surface area contributed by atoms with Crippen molar-refractivity contribution in [2.75, 3.05) is 6.61 Å². The van der Waals surface area contributed by atoms with Gasteiger partial charge in [-0.1, -0.05) is 0 Å². The summed E-state index contributed by atoms with van der Waals surface area (Å²) in [6.45, 7) is 0.738. The zero-order valence-electron chi connectivity index (χ0n) is 11.2. The predicted molar refractivity (Wildman–Crippen MR) is 75.7 cm³/mol. The number of hydrogen-bond acceptors (Lipinski definition) is 7. The number of nitrogens with zero attached hydrogens (tertiary/aromatic N) is 2. The number of carbonyl (C=O) groups is 1. The largest absolute Gasteiger partial charge is 0.461 e. The number of aliphatic hydroxyl groups excluding tert-OH is 1. The van der Waals surface area contributed by atoms with Crippen LogP contribution in [0, 0.1) is 0 Å². The van der Waals surface area contributed by atoms with E-state index in [9.17, 15) is 13.6 Å². The molecule has 0 fully saturated rings. The summed E-state index contributed by atoms with van der Waals surface area (Å²) in [5, 5.41) is 12.4. The summed E-state index contributed by atoms with van der Waals surface area (Å²) in [6, 6.07) is 0. The third-order valence-corrected chi connectivity index (χ3v) is 3.76. The van der Waals surface area contributed by atoms with Gasteiger partial charge in [0.2, 0.25) is 5.01 Å². The van der Waals surface area contributed by atoms with E-state index in [0.29, 0.717) is 17.3 Å². The minimum absolute atomic E-state index is 0.0926. The third-order valence-electron chi connectivity index (χ3n) is 2.01. The van der Waals surface area contributed by atoms with Crippen molar-refractivity contribution in [3.63, 3.8) is 0 Å². The van der Waals surface area contributed by atoms with E-state index < -0.39 is 19.3 Å². The normalized spacial score (nSPS) is 9.90. The van der Waals surface area contributed by atoms with Crippen LogP contribution in [-0.4, -0.2) is 27.7 Å². The molecule has 0 radical (unpaired) electrons. The van der Waals surface area contributed by atoms with Gasteiger partial charge in [-0.15, -0.1) is 22.7 Å². The van der Waals surface area contributed by atoms with Crippen LogP contribution < -0.4 is 0 Å². The number of ether oxygens (including phenoxy) is 1. The lowest BCUT2D eigenvalue weighted by molar-refractivity contribution is 0.0525. The number of alkyl halides is 2. The van der Waals surface area contributed by atoms with E-state index in [1.54, 1.807) is 12.3 Å². The van der Waals surface area contributed by atoms with Crippen LogP contribution >= 0.6 is 22.7 Å². The second kappa shape index (κ2) is 9.48. The number of rotatable bonds is 5. The van der Waals surface area contributed by atoms with Crippen molar-refractivity contribution in [3.05, 3.63) is 32.2 Å². The molecule has 9 heteroatoms. The van der Waals surface area contributed by atoms with Crippen LogP contribution in [0.2, 0.25) is 0 Å². The highest BCUT2D eigenvalue weighted by atomic mass is 32.1. The molecule has 0 bridgehead atoms. The highest BCUT2D eigenvalue weighted by molar-refractivity contribution is 7.11. The molecular weight excluding hydrogens is 322 g/mol. The van der Waals surface area contributed by atoms with Gasteiger partial charge >= 0.3 is 5.97 Å². The van der Waals surface area contributed by atoms with Crippen molar-refractivity contribution in [2.24, 2.45) is 0 Å². The first-order chi connectivity index (χ1) is 10.1. The molecule has 116 valence electrons. The van der Waals surface area contributed by atoms with Gasteiger partial charge in [-0.05, 0) is 6.92 Å². The fourth-order valence-corrected chi connectivity index (χ4v) is 2.46. The van der Waals surface area contributed by atoms with Gasteiger partial charge in [0.25, 0.3) is 0 Å². The van der Waals surface area contributed by atoms with Gasteiger partial charge in [0, 0.05) is 10.8 Å². The Hall–Kier alpha value is -1.45. The monoisotopic (exact) mass is 336 g/mol. The maximum atomic E-state index is 12.0. The van der Waals surface area contributed by atoms with E-state index in [4.69, 9.17) is 5.11 Å². The van der Waals surface area contributed by atoms with Gasteiger partial charge in [0.15, 0.2) is 0 Å². The van der Waals surface area contributed by atoms with Crippen molar-refractivity contribution in [1.29, 1.82) is 0 Å². The fourth-order valence-electron chi connectivity index (χ4n) is 1.14. The molecule has 0 aliphatic heterocycles. The summed E-state index contributed by atoms with van der Waals surface area (Å²) in [6.07, 6.45) is 0. The van der Waals surface area contributed by atoms with Crippen LogP contribution in [0.3, 0.4) is 0 Å². The quantitative estimate of drug-likeness (QED) is 0.850. The molecule has 0 atom stereocenters. The topological polar surface area (TPSA) is 72.3 Å². The Morgan fingerprint density at radius 2 is 1.86 bits per heavy atom. The molecule has 0 aliphatic carbocycles. The average Bonchev–Trinajstić information content (AvgIpc) is 3.16. The zero-order chi connectivity index (χ0) is 15.7. The predicted octanol–water partition coefficient (Wildman–Crippen LogP) is 2.89. The SMILES string of the molecule is CCOC(=O)c1nc(CF)cs1.OCc1nc(CF)cs1. The number of halogens is 2. The first-order valence-corrected chi connectivity index (χ1v) is 7.68. The summed E-state index contributed by atoms with van der Waals surface area (Å²) in [4.78, 5) is 18.4. The van der Waals surface area contributed by atoms with E-state index in [0.717, 1.165) is 11.3 Å². The van der Waals surface area contributed by atoms with Gasteiger partial charge in [-0.2, -0.15) is 0 Å². The lowest BCUT2D eigenvalue weighted by Crippen LogP contribution is -2.03. The molecule has 2 aromatic rings. The summed E-state index contributed by atoms with van der Waals surface area (Å²) >= 11 is 2.37. The number of aromatic nitrogens is 2. The Bertz CT molecular complexity index is 542. The van der Waals surface area contributed by atoms with Crippen molar-refractivity contribution in [2.45, 2.75) is 26.9 Å². The van der Waals surface area contributed by atoms with Gasteiger partial charge < -0.3 is 9.84 Å². The van der Waals surface area contributed by atoms with Gasteiger partial charge in [0.1, 0.15) is 18.4 Å². The maximum absolute atomic E-state index is 12.0. The minimum Gasteiger partial charge on any atom is -0.461 e. The molecule has 0 amide bonds.